The van der Waals surface area contributed by atoms with E-state index in [-0.39, 0.29) is 0 Å². The first-order valence-electron chi connectivity index (χ1n) is 47.8. The van der Waals surface area contributed by atoms with Crippen LogP contribution in [0.3, 0.4) is 0 Å². The largest absolute Gasteiger partial charge is 0.456 e. The lowest BCUT2D eigenvalue weighted by molar-refractivity contribution is 0.668. The van der Waals surface area contributed by atoms with Crippen LogP contribution in [0.4, 0.5) is 0 Å². The second kappa shape index (κ2) is 36.2. The molecule has 12 heteroatoms. The molecule has 143 heavy (non-hydrogen) atoms. The van der Waals surface area contributed by atoms with Crippen molar-refractivity contribution in [3.63, 3.8) is 0 Å². The molecular formula is C131H81N9O3. The van der Waals surface area contributed by atoms with Gasteiger partial charge in [-0.15, -0.1) is 0 Å². The highest BCUT2D eigenvalue weighted by atomic mass is 16.3. The van der Waals surface area contributed by atoms with Crippen molar-refractivity contribution in [1.82, 2.24) is 44.9 Å². The smallest absolute Gasteiger partial charge is 0.164 e. The van der Waals surface area contributed by atoms with E-state index < -0.39 is 0 Å². The molecule has 22 aromatic carbocycles. The lowest BCUT2D eigenvalue weighted by Crippen LogP contribution is -2.01. The first kappa shape index (κ1) is 84.1. The number of nitrogens with zero attached hydrogens (tertiary/aromatic N) is 9. The van der Waals surface area contributed by atoms with Crippen molar-refractivity contribution in [3.05, 3.63) is 491 Å². The maximum atomic E-state index is 6.41. The quantitative estimate of drug-likeness (QED) is 0.102. The third kappa shape index (κ3) is 16.0. The first-order chi connectivity index (χ1) is 70.8. The van der Waals surface area contributed by atoms with Gasteiger partial charge in [-0.1, -0.05) is 425 Å². The number of fused-ring (bicyclic) bond motifs is 14. The van der Waals surface area contributed by atoms with Crippen LogP contribution in [0, 0.1) is 0 Å². The fraction of sp³-hybridized carbons (Fsp3) is 0. The van der Waals surface area contributed by atoms with Gasteiger partial charge in [0.2, 0.25) is 0 Å². The predicted octanol–water partition coefficient (Wildman–Crippen LogP) is 34.4. The summed E-state index contributed by atoms with van der Waals surface area (Å²) in [4.78, 5) is 45.1. The molecule has 0 N–H and O–H groups in total. The zero-order valence-corrected chi connectivity index (χ0v) is 77.0. The Bertz CT molecular complexity index is 9640. The van der Waals surface area contributed by atoms with Crippen LogP contribution in [-0.2, 0) is 0 Å². The first-order valence-corrected chi connectivity index (χ1v) is 47.8. The van der Waals surface area contributed by atoms with Gasteiger partial charge >= 0.3 is 0 Å². The van der Waals surface area contributed by atoms with Crippen LogP contribution in [0.25, 0.3) is 278 Å². The third-order valence-corrected chi connectivity index (χ3v) is 27.0. The van der Waals surface area contributed by atoms with E-state index in [1.54, 1.807) is 0 Å². The average Bonchev–Trinajstić information content (AvgIpc) is 1.73. The van der Waals surface area contributed by atoms with Crippen molar-refractivity contribution in [2.45, 2.75) is 0 Å². The van der Waals surface area contributed by atoms with Gasteiger partial charge < -0.3 is 13.3 Å². The van der Waals surface area contributed by atoms with Crippen LogP contribution in [0.1, 0.15) is 0 Å². The van der Waals surface area contributed by atoms with Crippen LogP contribution in [-0.4, -0.2) is 44.9 Å². The third-order valence-electron chi connectivity index (χ3n) is 27.0. The lowest BCUT2D eigenvalue weighted by Gasteiger charge is -2.13. The van der Waals surface area contributed by atoms with Gasteiger partial charge in [-0.05, 0) is 171 Å². The van der Waals surface area contributed by atoms with Gasteiger partial charge in [0.1, 0.15) is 33.5 Å². The Morgan fingerprint density at radius 1 is 0.112 bits per heavy atom. The highest BCUT2D eigenvalue weighted by molar-refractivity contribution is 6.16. The highest BCUT2D eigenvalue weighted by Crippen LogP contribution is 2.46. The molecule has 12 nitrogen and oxygen atoms in total. The van der Waals surface area contributed by atoms with Crippen molar-refractivity contribution in [3.8, 4) is 158 Å². The van der Waals surface area contributed by atoms with Crippen LogP contribution >= 0.6 is 0 Å². The van der Waals surface area contributed by atoms with Gasteiger partial charge in [-0.2, -0.15) is 0 Å². The molecule has 0 atom stereocenters. The van der Waals surface area contributed by atoms with Crippen molar-refractivity contribution in [2.75, 3.05) is 0 Å². The number of hydrogen-bond donors (Lipinski definition) is 0. The Morgan fingerprint density at radius 2 is 0.385 bits per heavy atom. The summed E-state index contributed by atoms with van der Waals surface area (Å²) in [5, 5.41) is 18.2. The molecule has 0 radical (unpaired) electrons. The molecule has 0 spiro atoms. The van der Waals surface area contributed by atoms with Crippen molar-refractivity contribution >= 4 is 120 Å². The van der Waals surface area contributed by atoms with Crippen LogP contribution in [0.2, 0.25) is 0 Å². The normalized spacial score (nSPS) is 11.5. The van der Waals surface area contributed by atoms with E-state index in [1.165, 1.54) is 32.7 Å². The zero-order chi connectivity index (χ0) is 94.6. The molecule has 28 aromatic rings. The number of furan rings is 3. The molecule has 6 aromatic heterocycles. The van der Waals surface area contributed by atoms with Crippen molar-refractivity contribution in [1.29, 1.82) is 0 Å². The molecular weight excluding hydrogens is 1750 g/mol. The van der Waals surface area contributed by atoms with E-state index in [4.69, 9.17) is 58.1 Å². The van der Waals surface area contributed by atoms with E-state index in [2.05, 4.69) is 352 Å². The Hall–Kier alpha value is -19.4. The minimum Gasteiger partial charge on any atom is -0.456 e. The second-order valence-electron chi connectivity index (χ2n) is 35.7. The molecule has 28 rings (SSSR count). The molecule has 668 valence electrons. The molecule has 0 amide bonds. The highest BCUT2D eigenvalue weighted by Gasteiger charge is 2.24. The minimum atomic E-state index is 0.636. The molecule has 0 aliphatic rings. The topological polar surface area (TPSA) is 155 Å². The number of benzene rings is 22. The van der Waals surface area contributed by atoms with E-state index in [9.17, 15) is 0 Å². The summed E-state index contributed by atoms with van der Waals surface area (Å²) >= 11 is 0. The van der Waals surface area contributed by atoms with E-state index in [0.717, 1.165) is 193 Å². The van der Waals surface area contributed by atoms with Gasteiger partial charge in [-0.25, -0.2) is 44.9 Å². The summed E-state index contributed by atoms with van der Waals surface area (Å²) in [5.74, 6) is 5.78. The maximum absolute atomic E-state index is 6.41. The number of para-hydroxylation sites is 4. The second-order valence-corrected chi connectivity index (χ2v) is 35.7. The fourth-order valence-corrected chi connectivity index (χ4v) is 20.0. The predicted molar refractivity (Wildman–Crippen MR) is 585 cm³/mol. The molecule has 0 saturated carbocycles. The molecule has 0 bridgehead atoms. The van der Waals surface area contributed by atoms with Gasteiger partial charge in [0.25, 0.3) is 0 Å². The lowest BCUT2D eigenvalue weighted by atomic mass is 9.91. The summed E-state index contributed by atoms with van der Waals surface area (Å²) < 4.78 is 18.8. The Kier molecular flexibility index (Phi) is 21.3. The summed E-state index contributed by atoms with van der Waals surface area (Å²) in [5.41, 5.74) is 25.3. The standard InChI is InChI=1S/C45H27N3O.2C43H27N3O/c1-3-11-30-25-33(19-17-28(30)9-1)43-46-44(34-20-18-29-10-2-4-12-31(29)26-34)48-45(47-43)39-23-22-35(36-13-5-6-14-37(36)39)32-21-24-42-40(27-32)38-15-7-8-16-41(38)49-42;1-3-12-29(13-4-1)41-44-42(30-14-5-2-6-15-30)46-43(45-41)31-24-22-28(23-25-31)32-26-27-35(34-17-8-7-16-33(32)34)37-19-11-20-38-36-18-9-10-21-39(36)47-40(37)38;1-3-11-28(12-4-1)29-19-21-31(22-20-29)42-44-41(30-13-5-2-6-14-30)45-43(46-42)38-26-25-33(34-15-7-8-16-35(34)38)32-23-24-37-36-17-9-10-18-39(36)47-40(37)27-32/h1-27H;2*1-27H. The van der Waals surface area contributed by atoms with Gasteiger partial charge in [-0.3, -0.25) is 0 Å². The molecule has 0 aliphatic heterocycles. The molecule has 0 fully saturated rings. The minimum absolute atomic E-state index is 0.636. The monoisotopic (exact) mass is 1830 g/mol. The Labute approximate surface area is 821 Å². The Balaban J connectivity index is 0.000000110. The van der Waals surface area contributed by atoms with Crippen molar-refractivity contribution < 1.29 is 13.3 Å². The Morgan fingerprint density at radius 3 is 0.853 bits per heavy atom. The van der Waals surface area contributed by atoms with Gasteiger partial charge in [0.15, 0.2) is 52.4 Å². The molecule has 0 saturated heterocycles. The molecule has 0 unspecified atom stereocenters. The van der Waals surface area contributed by atoms with Crippen LogP contribution in [0.15, 0.2) is 505 Å². The maximum Gasteiger partial charge on any atom is 0.164 e. The van der Waals surface area contributed by atoms with Crippen LogP contribution < -0.4 is 0 Å². The van der Waals surface area contributed by atoms with E-state index >= 15 is 0 Å². The summed E-state index contributed by atoms with van der Waals surface area (Å²) in [7, 11) is 0. The summed E-state index contributed by atoms with van der Waals surface area (Å²) in [6.45, 7) is 0. The molecule has 0 aliphatic carbocycles. The van der Waals surface area contributed by atoms with Crippen LogP contribution in [0.5, 0.6) is 0 Å². The average molecular weight is 1830 g/mol. The zero-order valence-electron chi connectivity index (χ0n) is 77.0. The number of hydrogen-bond acceptors (Lipinski definition) is 12. The van der Waals surface area contributed by atoms with E-state index in [0.29, 0.717) is 52.4 Å². The number of aromatic nitrogens is 9. The fourth-order valence-electron chi connectivity index (χ4n) is 20.0. The summed E-state index contributed by atoms with van der Waals surface area (Å²) in [6.07, 6.45) is 0. The molecule has 6 heterocycles. The SMILES string of the molecule is c1ccc(-c2ccc(-c3nc(-c4ccccc4)nc(-c4ccc(-c5ccc6c(c5)oc5ccccc56)c5ccccc45)n3)cc2)cc1.c1ccc(-c2nc(-c3ccccc3)nc(-c3ccc(-c4ccc(-c5cccc6c5oc5ccccc56)c5ccccc45)cc3)n2)cc1.c1ccc2cc(-c3nc(-c4ccc5ccccc5c4)nc(-c4ccc(-c5ccc6oc7ccccc7c6c5)c5ccccc45)n3)ccc2c1. The van der Waals surface area contributed by atoms with Gasteiger partial charge in [0, 0.05) is 88.0 Å². The number of rotatable bonds is 14. The van der Waals surface area contributed by atoms with E-state index in [1.807, 2.05) is 140 Å². The van der Waals surface area contributed by atoms with Gasteiger partial charge in [0.05, 0.1) is 0 Å². The van der Waals surface area contributed by atoms with Crippen molar-refractivity contribution in [2.24, 2.45) is 0 Å². The summed E-state index contributed by atoms with van der Waals surface area (Å²) in [6, 6.07) is 170.